The highest BCUT2D eigenvalue weighted by Crippen LogP contribution is 2.12. The first-order valence-corrected chi connectivity index (χ1v) is 4.11. The number of carboxylic acids is 1. The van der Waals surface area contributed by atoms with Gasteiger partial charge in [0.1, 0.15) is 6.04 Å². The van der Waals surface area contributed by atoms with Crippen molar-refractivity contribution in [2.24, 2.45) is 5.73 Å². The molecule has 0 heterocycles. The van der Waals surface area contributed by atoms with Crippen LogP contribution in [0.15, 0.2) is 24.3 Å². The molecule has 0 fully saturated rings. The van der Waals surface area contributed by atoms with Gasteiger partial charge in [-0.3, -0.25) is 9.59 Å². The van der Waals surface area contributed by atoms with Crippen LogP contribution < -0.4 is 5.73 Å². The lowest BCUT2D eigenvalue weighted by atomic mass is 10.0. The van der Waals surface area contributed by atoms with Gasteiger partial charge in [0.15, 0.2) is 5.78 Å². The number of carbonyl (C=O) groups is 2. The van der Waals surface area contributed by atoms with Crippen LogP contribution in [0.2, 0.25) is 0 Å². The molecular formula is C10H11NO3. The second-order valence-electron chi connectivity index (χ2n) is 2.99. The van der Waals surface area contributed by atoms with Crippen LogP contribution in [0.3, 0.4) is 0 Å². The number of aliphatic carboxylic acids is 1. The summed E-state index contributed by atoms with van der Waals surface area (Å²) in [6.45, 7) is 1.45. The molecule has 0 amide bonds. The Morgan fingerprint density at radius 3 is 2.14 bits per heavy atom. The molecule has 0 saturated heterocycles. The van der Waals surface area contributed by atoms with Crippen molar-refractivity contribution < 1.29 is 14.7 Å². The Labute approximate surface area is 81.3 Å². The van der Waals surface area contributed by atoms with Gasteiger partial charge in [-0.25, -0.2) is 0 Å². The van der Waals surface area contributed by atoms with Gasteiger partial charge in [-0.05, 0) is 12.5 Å². The first kappa shape index (κ1) is 10.4. The molecule has 0 aliphatic heterocycles. The van der Waals surface area contributed by atoms with Gasteiger partial charge in [0, 0.05) is 5.56 Å². The van der Waals surface area contributed by atoms with E-state index in [0.29, 0.717) is 11.1 Å². The summed E-state index contributed by atoms with van der Waals surface area (Å²) in [5, 5.41) is 8.62. The molecule has 0 saturated carbocycles. The average Bonchev–Trinajstić information content (AvgIpc) is 2.16. The van der Waals surface area contributed by atoms with Crippen molar-refractivity contribution in [3.05, 3.63) is 35.4 Å². The maximum atomic E-state index is 10.9. The van der Waals surface area contributed by atoms with E-state index in [2.05, 4.69) is 0 Å². The van der Waals surface area contributed by atoms with E-state index in [0.717, 1.165) is 0 Å². The van der Waals surface area contributed by atoms with Crippen molar-refractivity contribution in [2.45, 2.75) is 13.0 Å². The van der Waals surface area contributed by atoms with Gasteiger partial charge in [-0.2, -0.15) is 0 Å². The fourth-order valence-electron chi connectivity index (χ4n) is 1.07. The Kier molecular flexibility index (Phi) is 2.99. The zero-order valence-corrected chi connectivity index (χ0v) is 7.73. The van der Waals surface area contributed by atoms with Crippen molar-refractivity contribution in [1.29, 1.82) is 0 Å². The first-order valence-electron chi connectivity index (χ1n) is 4.11. The highest BCUT2D eigenvalue weighted by atomic mass is 16.4. The van der Waals surface area contributed by atoms with E-state index in [1.807, 2.05) is 0 Å². The van der Waals surface area contributed by atoms with E-state index in [1.165, 1.54) is 6.92 Å². The summed E-state index contributed by atoms with van der Waals surface area (Å²) in [5.74, 6) is -1.14. The second-order valence-corrected chi connectivity index (χ2v) is 2.99. The fourth-order valence-corrected chi connectivity index (χ4v) is 1.07. The van der Waals surface area contributed by atoms with E-state index >= 15 is 0 Å². The Bertz CT molecular complexity index is 356. The van der Waals surface area contributed by atoms with Gasteiger partial charge in [-0.15, -0.1) is 0 Å². The van der Waals surface area contributed by atoms with Gasteiger partial charge in [0.05, 0.1) is 0 Å². The van der Waals surface area contributed by atoms with E-state index < -0.39 is 12.0 Å². The second kappa shape index (κ2) is 4.02. The number of benzene rings is 1. The summed E-state index contributed by atoms with van der Waals surface area (Å²) >= 11 is 0. The van der Waals surface area contributed by atoms with Gasteiger partial charge in [0.2, 0.25) is 0 Å². The van der Waals surface area contributed by atoms with Crippen LogP contribution in [0, 0.1) is 0 Å². The van der Waals surface area contributed by atoms with Crippen molar-refractivity contribution in [3.63, 3.8) is 0 Å². The molecule has 4 heteroatoms. The Balaban J connectivity index is 2.94. The maximum Gasteiger partial charge on any atom is 0.325 e. The lowest BCUT2D eigenvalue weighted by Gasteiger charge is -2.06. The number of carboxylic acid groups (broad SMARTS) is 1. The summed E-state index contributed by atoms with van der Waals surface area (Å²) in [6.07, 6.45) is 0. The normalized spacial score (nSPS) is 12.1. The quantitative estimate of drug-likeness (QED) is 0.701. The third kappa shape index (κ3) is 2.17. The van der Waals surface area contributed by atoms with Crippen LogP contribution in [0.1, 0.15) is 28.9 Å². The molecule has 4 nitrogen and oxygen atoms in total. The average molecular weight is 193 g/mol. The molecule has 1 aromatic carbocycles. The molecule has 0 radical (unpaired) electrons. The first-order chi connectivity index (χ1) is 6.52. The molecule has 14 heavy (non-hydrogen) atoms. The zero-order chi connectivity index (χ0) is 10.7. The molecule has 3 N–H and O–H groups in total. The van der Waals surface area contributed by atoms with E-state index in [4.69, 9.17) is 10.8 Å². The largest absolute Gasteiger partial charge is 0.480 e. The molecule has 0 aliphatic rings. The van der Waals surface area contributed by atoms with Crippen LogP contribution in [0.25, 0.3) is 0 Å². The molecule has 1 rings (SSSR count). The zero-order valence-electron chi connectivity index (χ0n) is 7.73. The Hall–Kier alpha value is -1.68. The predicted octanol–water partition coefficient (Wildman–Crippen LogP) is 0.974. The van der Waals surface area contributed by atoms with E-state index in [1.54, 1.807) is 24.3 Å². The number of hydrogen-bond acceptors (Lipinski definition) is 3. The van der Waals surface area contributed by atoms with Crippen LogP contribution >= 0.6 is 0 Å². The van der Waals surface area contributed by atoms with Crippen LogP contribution in [-0.4, -0.2) is 16.9 Å². The molecule has 1 atom stereocenters. The van der Waals surface area contributed by atoms with Gasteiger partial charge >= 0.3 is 5.97 Å². The lowest BCUT2D eigenvalue weighted by molar-refractivity contribution is -0.138. The smallest absolute Gasteiger partial charge is 0.325 e. The summed E-state index contributed by atoms with van der Waals surface area (Å²) in [7, 11) is 0. The topological polar surface area (TPSA) is 80.4 Å². The molecule has 0 aliphatic carbocycles. The summed E-state index contributed by atoms with van der Waals surface area (Å²) in [6, 6.07) is 5.21. The standard InChI is InChI=1S/C10H11NO3/c1-6(12)7-2-4-8(5-3-7)9(11)10(13)14/h2-5,9H,11H2,1H3,(H,13,14). The number of nitrogens with two attached hydrogens (primary N) is 1. The Morgan fingerprint density at radius 2 is 1.79 bits per heavy atom. The van der Waals surface area contributed by atoms with Crippen LogP contribution in [0.4, 0.5) is 0 Å². The predicted molar refractivity (Wildman–Crippen MR) is 51.0 cm³/mol. The fraction of sp³-hybridized carbons (Fsp3) is 0.200. The van der Waals surface area contributed by atoms with Crippen molar-refractivity contribution >= 4 is 11.8 Å². The number of hydrogen-bond donors (Lipinski definition) is 2. The van der Waals surface area contributed by atoms with Crippen LogP contribution in [0.5, 0.6) is 0 Å². The molecule has 0 bridgehead atoms. The third-order valence-electron chi connectivity index (χ3n) is 1.94. The Morgan fingerprint density at radius 1 is 1.29 bits per heavy atom. The monoisotopic (exact) mass is 193 g/mol. The van der Waals surface area contributed by atoms with E-state index in [-0.39, 0.29) is 5.78 Å². The number of rotatable bonds is 3. The molecular weight excluding hydrogens is 182 g/mol. The third-order valence-corrected chi connectivity index (χ3v) is 1.94. The number of Topliss-reactive ketones (excluding diaryl/α,β-unsaturated/α-hetero) is 1. The maximum absolute atomic E-state index is 10.9. The highest BCUT2D eigenvalue weighted by Gasteiger charge is 2.13. The van der Waals surface area contributed by atoms with Gasteiger partial charge < -0.3 is 10.8 Å². The highest BCUT2D eigenvalue weighted by molar-refractivity contribution is 5.94. The van der Waals surface area contributed by atoms with Crippen molar-refractivity contribution in [1.82, 2.24) is 0 Å². The minimum atomic E-state index is -1.08. The van der Waals surface area contributed by atoms with Crippen molar-refractivity contribution in [3.8, 4) is 0 Å². The summed E-state index contributed by atoms with van der Waals surface area (Å²) in [5.41, 5.74) is 6.42. The number of carbonyl (C=O) groups excluding carboxylic acids is 1. The van der Waals surface area contributed by atoms with Gasteiger partial charge in [0.25, 0.3) is 0 Å². The molecule has 0 spiro atoms. The SMILES string of the molecule is CC(=O)c1ccc(C(N)C(=O)O)cc1. The minimum Gasteiger partial charge on any atom is -0.480 e. The molecule has 1 aromatic rings. The van der Waals surface area contributed by atoms with Crippen molar-refractivity contribution in [2.75, 3.05) is 0 Å². The molecule has 1 unspecified atom stereocenters. The minimum absolute atomic E-state index is 0.0551. The van der Waals surface area contributed by atoms with Crippen LogP contribution in [-0.2, 0) is 4.79 Å². The molecule has 74 valence electrons. The number of ketones is 1. The summed E-state index contributed by atoms with van der Waals surface area (Å²) in [4.78, 5) is 21.4. The summed E-state index contributed by atoms with van der Waals surface area (Å²) < 4.78 is 0. The van der Waals surface area contributed by atoms with Gasteiger partial charge in [-0.1, -0.05) is 24.3 Å². The van der Waals surface area contributed by atoms with E-state index in [9.17, 15) is 9.59 Å². The lowest BCUT2D eigenvalue weighted by Crippen LogP contribution is -2.20. The molecule has 0 aromatic heterocycles.